The highest BCUT2D eigenvalue weighted by atomic mass is 16.2. The van der Waals surface area contributed by atoms with Gasteiger partial charge in [-0.2, -0.15) is 4.98 Å². The summed E-state index contributed by atoms with van der Waals surface area (Å²) in [6.07, 6.45) is 2.21. The lowest BCUT2D eigenvalue weighted by Gasteiger charge is -2.31. The number of amides is 1. The first-order valence-electron chi connectivity index (χ1n) is 10.0. The van der Waals surface area contributed by atoms with E-state index in [4.69, 9.17) is 5.73 Å². The van der Waals surface area contributed by atoms with Gasteiger partial charge in [0.05, 0.1) is 18.8 Å². The lowest BCUT2D eigenvalue weighted by atomic mass is 10.1. The molecule has 3 heterocycles. The second-order valence-electron chi connectivity index (χ2n) is 7.57. The summed E-state index contributed by atoms with van der Waals surface area (Å²) in [6, 6.07) is 6.90. The van der Waals surface area contributed by atoms with Gasteiger partial charge in [0.1, 0.15) is 12.0 Å². The molecule has 0 bridgehead atoms. The third-order valence-corrected chi connectivity index (χ3v) is 5.48. The Labute approximate surface area is 173 Å². The maximum absolute atomic E-state index is 12.4. The second-order valence-corrected chi connectivity index (χ2v) is 7.57. The molecule has 0 spiro atoms. The Morgan fingerprint density at radius 1 is 1.40 bits per heavy atom. The van der Waals surface area contributed by atoms with Gasteiger partial charge in [-0.25, -0.2) is 0 Å². The second kappa shape index (κ2) is 8.05. The van der Waals surface area contributed by atoms with Gasteiger partial charge in [-0.3, -0.25) is 14.6 Å². The first-order valence-corrected chi connectivity index (χ1v) is 10.0. The number of aromatic nitrogens is 2. The van der Waals surface area contributed by atoms with E-state index in [2.05, 4.69) is 25.5 Å². The van der Waals surface area contributed by atoms with E-state index in [1.807, 2.05) is 24.0 Å². The van der Waals surface area contributed by atoms with Crippen LogP contribution in [0.3, 0.4) is 0 Å². The van der Waals surface area contributed by atoms with E-state index in [9.17, 15) is 14.4 Å². The summed E-state index contributed by atoms with van der Waals surface area (Å²) in [4.78, 5) is 46.8. The number of carbonyl (C=O) groups is 2. The van der Waals surface area contributed by atoms with Crippen molar-refractivity contribution >= 4 is 35.3 Å². The molecule has 1 aromatic heterocycles. The molecule has 5 N–H and O–H groups in total. The van der Waals surface area contributed by atoms with E-state index in [1.165, 1.54) is 0 Å². The SMILES string of the molecule is CCCC(C=O)NC(=O)c1ccc(N2CC3CNc4nc(N)[nH]c(=O)c4N3C2)cc1. The average Bonchev–Trinajstić information content (AvgIpc) is 3.17. The molecule has 10 nitrogen and oxygen atoms in total. The zero-order chi connectivity index (χ0) is 21.3. The van der Waals surface area contributed by atoms with Crippen LogP contribution in [0.4, 0.5) is 23.1 Å². The number of aldehydes is 1. The maximum atomic E-state index is 12.4. The summed E-state index contributed by atoms with van der Waals surface area (Å²) in [5, 5.41) is 5.93. The molecule has 1 aromatic carbocycles. The number of nitrogen functional groups attached to an aromatic ring is 1. The summed E-state index contributed by atoms with van der Waals surface area (Å²) in [7, 11) is 0. The zero-order valence-corrected chi connectivity index (χ0v) is 16.7. The summed E-state index contributed by atoms with van der Waals surface area (Å²) >= 11 is 0. The minimum Gasteiger partial charge on any atom is -0.369 e. The Hall–Kier alpha value is -3.56. The normalized spacial score (nSPS) is 18.2. The van der Waals surface area contributed by atoms with Crippen LogP contribution in [0, 0.1) is 0 Å². The largest absolute Gasteiger partial charge is 0.369 e. The fourth-order valence-corrected chi connectivity index (χ4v) is 3.97. The Morgan fingerprint density at radius 3 is 2.87 bits per heavy atom. The number of fused-ring (bicyclic) bond motifs is 3. The van der Waals surface area contributed by atoms with Crippen LogP contribution in [0.25, 0.3) is 0 Å². The molecule has 0 saturated carbocycles. The van der Waals surface area contributed by atoms with E-state index in [0.717, 1.165) is 24.9 Å². The van der Waals surface area contributed by atoms with Gasteiger partial charge in [-0.05, 0) is 30.7 Å². The standard InChI is InChI=1S/C20H25N7O3/c1-2-3-13(10-28)23-18(29)12-4-6-14(7-5-12)26-9-15-8-22-17-16(27(15)11-26)19(30)25-20(21)24-17/h4-7,10,13,15H,2-3,8-9,11H2,1H3,(H,23,29)(H4,21,22,24,25,30). The number of nitrogens with two attached hydrogens (primary N) is 1. The lowest BCUT2D eigenvalue weighted by molar-refractivity contribution is -0.109. The van der Waals surface area contributed by atoms with Crippen molar-refractivity contribution in [3.63, 3.8) is 0 Å². The molecule has 158 valence electrons. The number of rotatable bonds is 6. The molecule has 10 heteroatoms. The number of anilines is 4. The summed E-state index contributed by atoms with van der Waals surface area (Å²) < 4.78 is 0. The van der Waals surface area contributed by atoms with Crippen LogP contribution >= 0.6 is 0 Å². The van der Waals surface area contributed by atoms with Crippen molar-refractivity contribution in [1.82, 2.24) is 15.3 Å². The first-order chi connectivity index (χ1) is 14.5. The number of carbonyl (C=O) groups excluding carboxylic acids is 2. The topological polar surface area (TPSA) is 136 Å². The monoisotopic (exact) mass is 411 g/mol. The molecule has 2 aromatic rings. The lowest BCUT2D eigenvalue weighted by Crippen LogP contribution is -2.44. The summed E-state index contributed by atoms with van der Waals surface area (Å²) in [5.41, 5.74) is 7.33. The molecule has 2 aliphatic rings. The Bertz CT molecular complexity index is 1000. The van der Waals surface area contributed by atoms with Gasteiger partial charge in [0.25, 0.3) is 11.5 Å². The van der Waals surface area contributed by atoms with Gasteiger partial charge in [-0.15, -0.1) is 0 Å². The van der Waals surface area contributed by atoms with Crippen LogP contribution in [0.5, 0.6) is 0 Å². The minimum atomic E-state index is -0.468. The molecule has 1 amide bonds. The predicted octanol–water partition coefficient (Wildman–Crippen LogP) is 0.528. The highest BCUT2D eigenvalue weighted by molar-refractivity contribution is 5.96. The highest BCUT2D eigenvalue weighted by Crippen LogP contribution is 2.32. The molecule has 0 radical (unpaired) electrons. The maximum Gasteiger partial charge on any atom is 0.278 e. The van der Waals surface area contributed by atoms with Gasteiger partial charge >= 0.3 is 0 Å². The number of aromatic amines is 1. The fourth-order valence-electron chi connectivity index (χ4n) is 3.97. The molecule has 4 rings (SSSR count). The van der Waals surface area contributed by atoms with Crippen molar-refractivity contribution in [2.45, 2.75) is 31.8 Å². The number of hydrogen-bond acceptors (Lipinski definition) is 8. The van der Waals surface area contributed by atoms with Crippen molar-refractivity contribution in [1.29, 1.82) is 0 Å². The molecule has 30 heavy (non-hydrogen) atoms. The molecule has 2 unspecified atom stereocenters. The van der Waals surface area contributed by atoms with Gasteiger partial charge < -0.3 is 31.0 Å². The van der Waals surface area contributed by atoms with Gasteiger partial charge in [0.2, 0.25) is 5.95 Å². The minimum absolute atomic E-state index is 0.0883. The summed E-state index contributed by atoms with van der Waals surface area (Å²) in [6.45, 7) is 3.88. The molecular weight excluding hydrogens is 386 g/mol. The van der Waals surface area contributed by atoms with E-state index >= 15 is 0 Å². The number of hydrogen-bond donors (Lipinski definition) is 4. The smallest absolute Gasteiger partial charge is 0.278 e. The van der Waals surface area contributed by atoms with Gasteiger partial charge in [0.15, 0.2) is 5.82 Å². The molecule has 2 aliphatic heterocycles. The molecular formula is C20H25N7O3. The number of benzene rings is 1. The Kier molecular flexibility index (Phi) is 5.30. The van der Waals surface area contributed by atoms with Crippen molar-refractivity contribution in [3.05, 3.63) is 40.2 Å². The van der Waals surface area contributed by atoms with Crippen LogP contribution < -0.4 is 31.7 Å². The molecule has 1 saturated heterocycles. The van der Waals surface area contributed by atoms with Crippen LogP contribution in [-0.4, -0.2) is 54.0 Å². The van der Waals surface area contributed by atoms with Crippen LogP contribution in [0.2, 0.25) is 0 Å². The molecule has 2 atom stereocenters. The average molecular weight is 411 g/mol. The van der Waals surface area contributed by atoms with Crippen LogP contribution in [0.15, 0.2) is 29.1 Å². The van der Waals surface area contributed by atoms with Gasteiger partial charge in [0, 0.05) is 24.3 Å². The van der Waals surface area contributed by atoms with Crippen LogP contribution in [-0.2, 0) is 4.79 Å². The van der Waals surface area contributed by atoms with Crippen molar-refractivity contribution in [2.75, 3.05) is 40.6 Å². The number of nitrogens with zero attached hydrogens (tertiary/aromatic N) is 3. The van der Waals surface area contributed by atoms with Crippen LogP contribution in [0.1, 0.15) is 30.1 Å². The van der Waals surface area contributed by atoms with E-state index in [-0.39, 0.29) is 23.5 Å². The molecule has 1 fully saturated rings. The van der Waals surface area contributed by atoms with Gasteiger partial charge in [-0.1, -0.05) is 13.3 Å². The van der Waals surface area contributed by atoms with Crippen molar-refractivity contribution in [3.8, 4) is 0 Å². The summed E-state index contributed by atoms with van der Waals surface area (Å²) in [5.74, 6) is 0.322. The zero-order valence-electron chi connectivity index (χ0n) is 16.7. The Morgan fingerprint density at radius 2 is 2.17 bits per heavy atom. The van der Waals surface area contributed by atoms with Crippen molar-refractivity contribution in [2.24, 2.45) is 0 Å². The molecule has 0 aliphatic carbocycles. The first kappa shape index (κ1) is 19.7. The number of nitrogens with one attached hydrogen (secondary N) is 3. The fraction of sp³-hybridized carbons (Fsp3) is 0.400. The third-order valence-electron chi connectivity index (χ3n) is 5.48. The van der Waals surface area contributed by atoms with E-state index < -0.39 is 6.04 Å². The number of H-pyrrole nitrogens is 1. The van der Waals surface area contributed by atoms with E-state index in [0.29, 0.717) is 36.7 Å². The predicted molar refractivity (Wildman–Crippen MR) is 115 cm³/mol. The third kappa shape index (κ3) is 3.68. The Balaban J connectivity index is 1.48. The quantitative estimate of drug-likeness (QED) is 0.505. The highest BCUT2D eigenvalue weighted by Gasteiger charge is 2.37. The van der Waals surface area contributed by atoms with E-state index in [1.54, 1.807) is 12.1 Å². The van der Waals surface area contributed by atoms with Crippen molar-refractivity contribution < 1.29 is 9.59 Å².